The molecule has 0 spiro atoms. The monoisotopic (exact) mass is 349 g/mol. The summed E-state index contributed by atoms with van der Waals surface area (Å²) in [7, 11) is 0. The zero-order valence-electron chi connectivity index (χ0n) is 11.0. The summed E-state index contributed by atoms with van der Waals surface area (Å²) in [6.07, 6.45) is -1.35. The molecule has 0 unspecified atom stereocenters. The average Bonchev–Trinajstić information content (AvgIpc) is 3.16. The van der Waals surface area contributed by atoms with Crippen molar-refractivity contribution in [3.05, 3.63) is 33.8 Å². The van der Waals surface area contributed by atoms with Gasteiger partial charge in [0.25, 0.3) is 5.91 Å². The summed E-state index contributed by atoms with van der Waals surface area (Å²) in [5.41, 5.74) is -0.641. The highest BCUT2D eigenvalue weighted by molar-refractivity contribution is 9.10. The molecule has 1 aliphatic carbocycles. The van der Waals surface area contributed by atoms with Crippen molar-refractivity contribution < 1.29 is 18.0 Å². The van der Waals surface area contributed by atoms with E-state index in [-0.39, 0.29) is 11.0 Å². The molecule has 6 heteroatoms. The van der Waals surface area contributed by atoms with Crippen molar-refractivity contribution >= 4 is 21.8 Å². The highest BCUT2D eigenvalue weighted by Gasteiger charge is 2.40. The van der Waals surface area contributed by atoms with Gasteiger partial charge in [-0.1, -0.05) is 6.92 Å². The Bertz CT molecular complexity index is 524. The third kappa shape index (κ3) is 3.34. The summed E-state index contributed by atoms with van der Waals surface area (Å²) in [4.78, 5) is 12.0. The Labute approximate surface area is 123 Å². The first-order valence-electron chi connectivity index (χ1n) is 6.42. The van der Waals surface area contributed by atoms with E-state index in [9.17, 15) is 18.0 Å². The van der Waals surface area contributed by atoms with Crippen LogP contribution in [0.25, 0.3) is 0 Å². The molecule has 1 aromatic rings. The number of hydrogen-bond donors (Lipinski definition) is 1. The molecule has 0 saturated heterocycles. The summed E-state index contributed by atoms with van der Waals surface area (Å²) in [5.74, 6) is -0.470. The van der Waals surface area contributed by atoms with Crippen molar-refractivity contribution in [1.82, 2.24) is 5.32 Å². The smallest absolute Gasteiger partial charge is 0.351 e. The Morgan fingerprint density at radius 2 is 2.05 bits per heavy atom. The predicted molar refractivity (Wildman–Crippen MR) is 73.4 cm³/mol. The normalized spacial score (nSPS) is 16.9. The first-order chi connectivity index (χ1) is 9.27. The molecule has 1 aromatic carbocycles. The minimum absolute atomic E-state index is 0.0201. The predicted octanol–water partition coefficient (Wildman–Crippen LogP) is 4.39. The zero-order valence-corrected chi connectivity index (χ0v) is 12.6. The number of alkyl halides is 3. The average molecular weight is 350 g/mol. The highest BCUT2D eigenvalue weighted by atomic mass is 79.9. The van der Waals surface area contributed by atoms with Gasteiger partial charge in [0.1, 0.15) is 0 Å². The lowest BCUT2D eigenvalue weighted by molar-refractivity contribution is -0.137. The summed E-state index contributed by atoms with van der Waals surface area (Å²) in [6, 6.07) is 3.09. The van der Waals surface area contributed by atoms with Gasteiger partial charge in [0.2, 0.25) is 0 Å². The third-order valence-corrected chi connectivity index (χ3v) is 4.56. The van der Waals surface area contributed by atoms with Crippen molar-refractivity contribution in [2.45, 2.75) is 32.4 Å². The maximum atomic E-state index is 12.7. The van der Waals surface area contributed by atoms with Gasteiger partial charge in [0, 0.05) is 11.0 Å². The van der Waals surface area contributed by atoms with Crippen LogP contribution < -0.4 is 5.32 Å². The van der Waals surface area contributed by atoms with Gasteiger partial charge in [-0.05, 0) is 58.8 Å². The van der Waals surface area contributed by atoms with Crippen LogP contribution in [0.15, 0.2) is 22.7 Å². The largest absolute Gasteiger partial charge is 0.416 e. The standard InChI is InChI=1S/C14H15BrF3NO/c1-2-13(5-6-13)8-19-12(20)10-7-9(14(16,17)18)3-4-11(10)15/h3-4,7H,2,5-6,8H2,1H3,(H,19,20). The fourth-order valence-electron chi connectivity index (χ4n) is 2.07. The van der Waals surface area contributed by atoms with Gasteiger partial charge in [-0.25, -0.2) is 0 Å². The Hall–Kier alpha value is -1.04. The first-order valence-corrected chi connectivity index (χ1v) is 7.22. The van der Waals surface area contributed by atoms with Crippen molar-refractivity contribution in [1.29, 1.82) is 0 Å². The molecule has 2 rings (SSSR count). The lowest BCUT2D eigenvalue weighted by Crippen LogP contribution is -2.30. The maximum absolute atomic E-state index is 12.7. The topological polar surface area (TPSA) is 29.1 Å². The fourth-order valence-corrected chi connectivity index (χ4v) is 2.50. The summed E-state index contributed by atoms with van der Waals surface area (Å²) in [5, 5.41) is 2.74. The highest BCUT2D eigenvalue weighted by Crippen LogP contribution is 2.47. The Balaban J connectivity index is 2.13. The van der Waals surface area contributed by atoms with Crippen LogP contribution in [0.3, 0.4) is 0 Å². The van der Waals surface area contributed by atoms with Gasteiger partial charge in [-0.15, -0.1) is 0 Å². The maximum Gasteiger partial charge on any atom is 0.416 e. The second-order valence-corrected chi connectivity index (χ2v) is 6.08. The molecular formula is C14H15BrF3NO. The van der Waals surface area contributed by atoms with Crippen molar-refractivity contribution in [2.24, 2.45) is 5.41 Å². The fraction of sp³-hybridized carbons (Fsp3) is 0.500. The van der Waals surface area contributed by atoms with Gasteiger partial charge < -0.3 is 5.32 Å². The van der Waals surface area contributed by atoms with E-state index in [1.165, 1.54) is 6.07 Å². The molecule has 0 bridgehead atoms. The molecule has 0 heterocycles. The van der Waals surface area contributed by atoms with E-state index in [1.807, 2.05) is 0 Å². The summed E-state index contributed by atoms with van der Waals surface area (Å²) >= 11 is 3.12. The number of amides is 1. The molecule has 1 aliphatic rings. The number of carbonyl (C=O) groups excluding carboxylic acids is 1. The minimum atomic E-state index is -4.45. The van der Waals surface area contributed by atoms with Crippen LogP contribution in [-0.2, 0) is 6.18 Å². The van der Waals surface area contributed by atoms with E-state index < -0.39 is 17.6 Å². The second kappa shape index (κ2) is 5.39. The molecule has 1 N–H and O–H groups in total. The number of benzene rings is 1. The van der Waals surface area contributed by atoms with Gasteiger partial charge in [-0.2, -0.15) is 13.2 Å². The molecule has 110 valence electrons. The van der Waals surface area contributed by atoms with E-state index in [1.54, 1.807) is 0 Å². The molecule has 2 nitrogen and oxygen atoms in total. The van der Waals surface area contributed by atoms with Crippen LogP contribution in [0.2, 0.25) is 0 Å². The van der Waals surface area contributed by atoms with Crippen molar-refractivity contribution in [3.63, 3.8) is 0 Å². The molecule has 1 saturated carbocycles. The lowest BCUT2D eigenvalue weighted by atomic mass is 10.0. The number of carbonyl (C=O) groups is 1. The van der Waals surface area contributed by atoms with Gasteiger partial charge in [0.05, 0.1) is 11.1 Å². The van der Waals surface area contributed by atoms with Crippen LogP contribution >= 0.6 is 15.9 Å². The van der Waals surface area contributed by atoms with Crippen molar-refractivity contribution in [3.8, 4) is 0 Å². The van der Waals surface area contributed by atoms with Crippen LogP contribution in [0.5, 0.6) is 0 Å². The molecule has 20 heavy (non-hydrogen) atoms. The molecule has 1 amide bonds. The van der Waals surface area contributed by atoms with E-state index in [2.05, 4.69) is 28.2 Å². The molecular weight excluding hydrogens is 335 g/mol. The number of nitrogens with one attached hydrogen (secondary N) is 1. The SMILES string of the molecule is CCC1(CNC(=O)c2cc(C(F)(F)F)ccc2Br)CC1. The van der Waals surface area contributed by atoms with Gasteiger partial charge in [0.15, 0.2) is 0 Å². The second-order valence-electron chi connectivity index (χ2n) is 5.23. The van der Waals surface area contributed by atoms with Gasteiger partial charge in [-0.3, -0.25) is 4.79 Å². The van der Waals surface area contributed by atoms with Crippen LogP contribution in [0.4, 0.5) is 13.2 Å². The summed E-state index contributed by atoms with van der Waals surface area (Å²) < 4.78 is 38.3. The molecule has 1 fully saturated rings. The zero-order chi connectivity index (χ0) is 15.0. The number of halogens is 4. The quantitative estimate of drug-likeness (QED) is 0.858. The van der Waals surface area contributed by atoms with Gasteiger partial charge >= 0.3 is 6.18 Å². The molecule has 0 atom stereocenters. The number of rotatable bonds is 4. The Morgan fingerprint density at radius 3 is 2.55 bits per heavy atom. The Morgan fingerprint density at radius 1 is 1.40 bits per heavy atom. The van der Waals surface area contributed by atoms with E-state index in [0.717, 1.165) is 31.4 Å². The lowest BCUT2D eigenvalue weighted by Gasteiger charge is -2.15. The van der Waals surface area contributed by atoms with Crippen LogP contribution in [0, 0.1) is 5.41 Å². The number of hydrogen-bond acceptors (Lipinski definition) is 1. The molecule has 0 aliphatic heterocycles. The van der Waals surface area contributed by atoms with E-state index in [0.29, 0.717) is 11.0 Å². The Kier molecular flexibility index (Phi) is 4.14. The molecule has 0 aromatic heterocycles. The van der Waals surface area contributed by atoms with Crippen LogP contribution in [-0.4, -0.2) is 12.5 Å². The first kappa shape index (κ1) is 15.4. The molecule has 0 radical (unpaired) electrons. The van der Waals surface area contributed by atoms with E-state index >= 15 is 0 Å². The third-order valence-electron chi connectivity index (χ3n) is 3.87. The minimum Gasteiger partial charge on any atom is -0.351 e. The van der Waals surface area contributed by atoms with Crippen LogP contribution in [0.1, 0.15) is 42.1 Å². The van der Waals surface area contributed by atoms with E-state index in [4.69, 9.17) is 0 Å². The van der Waals surface area contributed by atoms with Crippen molar-refractivity contribution in [2.75, 3.05) is 6.54 Å². The summed E-state index contributed by atoms with van der Waals surface area (Å²) in [6.45, 7) is 2.57.